The molecule has 4 rings (SSSR count). The summed E-state index contributed by atoms with van der Waals surface area (Å²) < 4.78 is 0. The van der Waals surface area contributed by atoms with Gasteiger partial charge in [0.05, 0.1) is 4.88 Å². The Morgan fingerprint density at radius 1 is 0.757 bits per heavy atom. The number of thiophene rings is 1. The minimum Gasteiger partial charge on any atom is -0.476 e. The van der Waals surface area contributed by atoms with Gasteiger partial charge in [0, 0.05) is 16.7 Å². The summed E-state index contributed by atoms with van der Waals surface area (Å²) in [6.07, 6.45) is 0. The summed E-state index contributed by atoms with van der Waals surface area (Å²) in [5.74, 6) is -1.14. The first-order chi connectivity index (χ1) is 18.1. The number of aliphatic carboxylic acids is 1. The van der Waals surface area contributed by atoms with Crippen molar-refractivity contribution in [3.63, 3.8) is 0 Å². The fourth-order valence-corrected chi connectivity index (χ4v) is 4.76. The van der Waals surface area contributed by atoms with Crippen LogP contribution in [-0.4, -0.2) is 41.3 Å². The van der Waals surface area contributed by atoms with Crippen LogP contribution in [0.1, 0.15) is 42.3 Å². The molecule has 0 saturated carbocycles. The average Bonchev–Trinajstić information content (AvgIpc) is 3.48. The molecule has 1 N–H and O–H groups in total. The largest absolute Gasteiger partial charge is 0.476 e. The maximum absolute atomic E-state index is 11.9. The molecule has 0 aliphatic heterocycles. The van der Waals surface area contributed by atoms with Gasteiger partial charge in [-0.15, -0.1) is 11.3 Å². The number of carboxylic acids is 1. The van der Waals surface area contributed by atoms with Gasteiger partial charge in [-0.05, 0) is 31.1 Å². The van der Waals surface area contributed by atoms with Crippen molar-refractivity contribution in [2.75, 3.05) is 19.6 Å². The van der Waals surface area contributed by atoms with Crippen molar-refractivity contribution in [3.05, 3.63) is 130 Å². The molecule has 0 aliphatic rings. The molecular weight excluding hydrogens is 480 g/mol. The Morgan fingerprint density at radius 3 is 1.49 bits per heavy atom. The molecule has 1 heterocycles. The number of hydrogen-bond acceptors (Lipinski definition) is 5. The molecule has 37 heavy (non-hydrogen) atoms. The molecule has 0 aliphatic carbocycles. The summed E-state index contributed by atoms with van der Waals surface area (Å²) in [6, 6.07) is 32.6. The highest BCUT2D eigenvalue weighted by Gasteiger charge is 2.40. The maximum atomic E-state index is 11.9. The van der Waals surface area contributed by atoms with Crippen LogP contribution in [0.2, 0.25) is 0 Å². The quantitative estimate of drug-likeness (QED) is 0.142. The molecule has 4 aromatic rings. The van der Waals surface area contributed by atoms with E-state index in [0.717, 1.165) is 16.7 Å². The van der Waals surface area contributed by atoms with Gasteiger partial charge in [-0.1, -0.05) is 123 Å². The van der Waals surface area contributed by atoms with Crippen molar-refractivity contribution in [2.45, 2.75) is 26.4 Å². The molecule has 0 bridgehead atoms. The lowest BCUT2D eigenvalue weighted by Gasteiger charge is -2.33. The van der Waals surface area contributed by atoms with E-state index in [-0.39, 0.29) is 5.71 Å². The third-order valence-corrected chi connectivity index (χ3v) is 6.99. The lowest BCUT2D eigenvalue weighted by molar-refractivity contribution is -0.129. The summed E-state index contributed by atoms with van der Waals surface area (Å²) in [4.78, 5) is 21.1. The van der Waals surface area contributed by atoms with Crippen LogP contribution in [0.25, 0.3) is 0 Å². The summed E-state index contributed by atoms with van der Waals surface area (Å²) in [6.45, 7) is 10.1. The summed E-state index contributed by atoms with van der Waals surface area (Å²) in [5.41, 5.74) is 1.31. The minimum absolute atomic E-state index is 0.128. The number of carbonyl (C=O) groups is 1. The molecule has 0 unspecified atom stereocenters. The highest BCUT2D eigenvalue weighted by atomic mass is 32.1. The fraction of sp³-hybridized carbons (Fsp3) is 0.226. The van der Waals surface area contributed by atoms with Gasteiger partial charge in [-0.2, -0.15) is 0 Å². The molecule has 1 aromatic heterocycles. The normalized spacial score (nSPS) is 11.5. The van der Waals surface area contributed by atoms with Crippen molar-refractivity contribution in [2.24, 2.45) is 5.16 Å². The topological polar surface area (TPSA) is 62.1 Å². The molecule has 192 valence electrons. The number of oxime groups is 1. The number of rotatable bonds is 10. The Labute approximate surface area is 223 Å². The standard InChI is InChI=1S/C25H19NO3S.C6H15N/c27-24(28)23(22-17-10-18-30-22)26-29-25(19-11-4-1-5-12-19,20-13-6-2-7-14-20)21-15-8-3-9-16-21;1-4-7(5-2)6-3/h1-18H,(H,27,28);4-6H2,1-3H3/b26-23+;. The van der Waals surface area contributed by atoms with E-state index in [2.05, 4.69) is 30.8 Å². The minimum atomic E-state index is -1.14. The van der Waals surface area contributed by atoms with Crippen molar-refractivity contribution in [1.82, 2.24) is 4.90 Å². The van der Waals surface area contributed by atoms with E-state index >= 15 is 0 Å². The Balaban J connectivity index is 0.000000479. The second kappa shape index (κ2) is 14.1. The zero-order chi connectivity index (χ0) is 26.5. The maximum Gasteiger partial charge on any atom is 0.359 e. The number of carboxylic acid groups (broad SMARTS) is 1. The molecule has 6 heteroatoms. The zero-order valence-electron chi connectivity index (χ0n) is 21.6. The fourth-order valence-electron chi connectivity index (χ4n) is 4.06. The molecule has 0 saturated heterocycles. The van der Waals surface area contributed by atoms with Crippen LogP contribution in [0.4, 0.5) is 0 Å². The van der Waals surface area contributed by atoms with Gasteiger partial charge in [0.25, 0.3) is 0 Å². The third-order valence-electron chi connectivity index (χ3n) is 6.11. The van der Waals surface area contributed by atoms with E-state index in [1.165, 1.54) is 31.0 Å². The van der Waals surface area contributed by atoms with Gasteiger partial charge in [0.1, 0.15) is 0 Å². The molecule has 0 atom stereocenters. The van der Waals surface area contributed by atoms with Crippen molar-refractivity contribution >= 4 is 23.0 Å². The molecule has 0 fully saturated rings. The highest BCUT2D eigenvalue weighted by molar-refractivity contribution is 7.13. The predicted molar refractivity (Wildman–Crippen MR) is 152 cm³/mol. The van der Waals surface area contributed by atoms with Crippen LogP contribution in [0.5, 0.6) is 0 Å². The van der Waals surface area contributed by atoms with Crippen LogP contribution in [0.15, 0.2) is 114 Å². The monoisotopic (exact) mass is 514 g/mol. The van der Waals surface area contributed by atoms with E-state index in [0.29, 0.717) is 4.88 Å². The van der Waals surface area contributed by atoms with Gasteiger partial charge >= 0.3 is 5.97 Å². The van der Waals surface area contributed by atoms with Crippen molar-refractivity contribution in [1.29, 1.82) is 0 Å². The Hall–Kier alpha value is -3.74. The summed E-state index contributed by atoms with van der Waals surface area (Å²) in [5, 5.41) is 15.8. The SMILES string of the molecule is CCN(CC)CC.O=C(O)/C(=N/OC(c1ccccc1)(c1ccccc1)c1ccccc1)c1cccs1. The van der Waals surface area contributed by atoms with Gasteiger partial charge in [-0.3, -0.25) is 0 Å². The number of nitrogens with zero attached hydrogens (tertiary/aromatic N) is 2. The van der Waals surface area contributed by atoms with Crippen LogP contribution >= 0.6 is 11.3 Å². The Bertz CT molecular complexity index is 1120. The van der Waals surface area contributed by atoms with E-state index < -0.39 is 11.6 Å². The molecular formula is C31H34N2O3S. The Morgan fingerprint density at radius 2 is 1.19 bits per heavy atom. The average molecular weight is 515 g/mol. The van der Waals surface area contributed by atoms with Gasteiger partial charge < -0.3 is 14.8 Å². The smallest absolute Gasteiger partial charge is 0.359 e. The van der Waals surface area contributed by atoms with E-state index in [1.54, 1.807) is 12.1 Å². The zero-order valence-corrected chi connectivity index (χ0v) is 22.4. The van der Waals surface area contributed by atoms with Gasteiger partial charge in [0.15, 0.2) is 0 Å². The first-order valence-corrected chi connectivity index (χ1v) is 13.4. The molecule has 3 aromatic carbocycles. The van der Waals surface area contributed by atoms with Gasteiger partial charge in [0.2, 0.25) is 11.3 Å². The first-order valence-electron chi connectivity index (χ1n) is 12.5. The molecule has 5 nitrogen and oxygen atoms in total. The second-order valence-electron chi connectivity index (χ2n) is 8.21. The second-order valence-corrected chi connectivity index (χ2v) is 9.16. The third kappa shape index (κ3) is 6.94. The number of hydrogen-bond donors (Lipinski definition) is 1. The van der Waals surface area contributed by atoms with Crippen LogP contribution in [0.3, 0.4) is 0 Å². The van der Waals surface area contributed by atoms with Crippen molar-refractivity contribution in [3.8, 4) is 0 Å². The predicted octanol–water partition coefficient (Wildman–Crippen LogP) is 6.89. The highest BCUT2D eigenvalue weighted by Crippen LogP contribution is 2.40. The molecule has 0 spiro atoms. The van der Waals surface area contributed by atoms with Crippen LogP contribution in [-0.2, 0) is 15.2 Å². The van der Waals surface area contributed by atoms with E-state index in [4.69, 9.17) is 4.84 Å². The first kappa shape index (κ1) is 27.8. The lowest BCUT2D eigenvalue weighted by atomic mass is 9.80. The van der Waals surface area contributed by atoms with E-state index in [9.17, 15) is 9.90 Å². The molecule has 0 amide bonds. The van der Waals surface area contributed by atoms with E-state index in [1.807, 2.05) is 96.4 Å². The van der Waals surface area contributed by atoms with Crippen LogP contribution in [0, 0.1) is 0 Å². The lowest BCUT2D eigenvalue weighted by Crippen LogP contribution is -2.32. The van der Waals surface area contributed by atoms with Gasteiger partial charge in [-0.25, -0.2) is 4.79 Å². The summed E-state index contributed by atoms with van der Waals surface area (Å²) in [7, 11) is 0. The van der Waals surface area contributed by atoms with Crippen LogP contribution < -0.4 is 0 Å². The number of benzene rings is 3. The summed E-state index contributed by atoms with van der Waals surface area (Å²) >= 11 is 1.31. The molecule has 0 radical (unpaired) electrons. The van der Waals surface area contributed by atoms with Crippen molar-refractivity contribution < 1.29 is 14.7 Å². The Kier molecular flexibility index (Phi) is 10.6.